The molecule has 0 atom stereocenters. The van der Waals surface area contributed by atoms with Crippen molar-refractivity contribution in [2.24, 2.45) is 0 Å². The van der Waals surface area contributed by atoms with E-state index in [1.54, 1.807) is 17.0 Å². The van der Waals surface area contributed by atoms with Crippen molar-refractivity contribution in [3.63, 3.8) is 0 Å². The number of nitrogens with zero attached hydrogens (tertiary/aromatic N) is 2. The van der Waals surface area contributed by atoms with Crippen molar-refractivity contribution in [3.8, 4) is 0 Å². The first-order chi connectivity index (χ1) is 8.91. The summed E-state index contributed by atoms with van der Waals surface area (Å²) in [4.78, 5) is 4.10. The normalized spacial score (nSPS) is 11.8. The van der Waals surface area contributed by atoms with E-state index in [1.165, 1.54) is 12.1 Å². The lowest BCUT2D eigenvalue weighted by Gasteiger charge is -2.15. The zero-order chi connectivity index (χ0) is 14.0. The standard InChI is InChI=1S/C13H14F3N3/c1-2-12-18-5-6-19(12)8-9-3-4-10(17)7-11(9)13(14,15)16/h3-7H,2,8,17H2,1H3. The van der Waals surface area contributed by atoms with Crippen LogP contribution in [-0.4, -0.2) is 9.55 Å². The van der Waals surface area contributed by atoms with Crippen LogP contribution in [0.4, 0.5) is 18.9 Å². The summed E-state index contributed by atoms with van der Waals surface area (Å²) < 4.78 is 40.6. The maximum Gasteiger partial charge on any atom is 0.416 e. The molecule has 2 N–H and O–H groups in total. The van der Waals surface area contributed by atoms with Crippen LogP contribution in [0.2, 0.25) is 0 Å². The Labute approximate surface area is 108 Å². The molecule has 19 heavy (non-hydrogen) atoms. The van der Waals surface area contributed by atoms with E-state index in [2.05, 4.69) is 4.98 Å². The smallest absolute Gasteiger partial charge is 0.399 e. The molecule has 2 aromatic rings. The summed E-state index contributed by atoms with van der Waals surface area (Å²) >= 11 is 0. The molecule has 0 aliphatic rings. The second-order valence-corrected chi connectivity index (χ2v) is 4.24. The molecule has 0 saturated carbocycles. The van der Waals surface area contributed by atoms with Gasteiger partial charge in [0.05, 0.1) is 5.56 Å². The van der Waals surface area contributed by atoms with Gasteiger partial charge in [-0.1, -0.05) is 13.0 Å². The molecule has 0 aliphatic carbocycles. The highest BCUT2D eigenvalue weighted by molar-refractivity contribution is 5.46. The third kappa shape index (κ3) is 2.89. The van der Waals surface area contributed by atoms with Crippen LogP contribution in [0.3, 0.4) is 0 Å². The van der Waals surface area contributed by atoms with Gasteiger partial charge in [0.25, 0.3) is 0 Å². The van der Waals surface area contributed by atoms with Gasteiger partial charge in [-0.15, -0.1) is 0 Å². The monoisotopic (exact) mass is 269 g/mol. The van der Waals surface area contributed by atoms with Crippen molar-refractivity contribution in [3.05, 3.63) is 47.5 Å². The average molecular weight is 269 g/mol. The minimum atomic E-state index is -4.41. The summed E-state index contributed by atoms with van der Waals surface area (Å²) in [5, 5.41) is 0. The first-order valence-electron chi connectivity index (χ1n) is 5.87. The Bertz CT molecular complexity index is 573. The van der Waals surface area contributed by atoms with Gasteiger partial charge in [-0.05, 0) is 17.7 Å². The Hall–Kier alpha value is -1.98. The topological polar surface area (TPSA) is 43.8 Å². The summed E-state index contributed by atoms with van der Waals surface area (Å²) in [5.74, 6) is 0.755. The molecule has 0 fully saturated rings. The van der Waals surface area contributed by atoms with Gasteiger partial charge < -0.3 is 10.3 Å². The molecule has 0 radical (unpaired) electrons. The summed E-state index contributed by atoms with van der Waals surface area (Å²) in [5.41, 5.74) is 5.04. The molecule has 2 rings (SSSR count). The molecule has 0 aliphatic heterocycles. The minimum absolute atomic E-state index is 0.109. The molecule has 0 amide bonds. The van der Waals surface area contributed by atoms with Crippen molar-refractivity contribution in [1.82, 2.24) is 9.55 Å². The number of nitrogens with two attached hydrogens (primary N) is 1. The number of aryl methyl sites for hydroxylation is 1. The molecule has 3 nitrogen and oxygen atoms in total. The predicted octanol–water partition coefficient (Wildman–Crippen LogP) is 3.09. The lowest BCUT2D eigenvalue weighted by molar-refractivity contribution is -0.138. The third-order valence-electron chi connectivity index (χ3n) is 2.90. The second-order valence-electron chi connectivity index (χ2n) is 4.24. The van der Waals surface area contributed by atoms with Crippen molar-refractivity contribution >= 4 is 5.69 Å². The molecule has 1 heterocycles. The Balaban J connectivity index is 2.40. The number of aromatic nitrogens is 2. The number of hydrogen-bond donors (Lipinski definition) is 1. The van der Waals surface area contributed by atoms with Gasteiger partial charge in [0.1, 0.15) is 5.82 Å². The summed E-state index contributed by atoms with van der Waals surface area (Å²) in [7, 11) is 0. The van der Waals surface area contributed by atoms with Crippen molar-refractivity contribution in [2.45, 2.75) is 26.1 Å². The van der Waals surface area contributed by atoms with Gasteiger partial charge in [-0.3, -0.25) is 0 Å². The third-order valence-corrected chi connectivity index (χ3v) is 2.90. The van der Waals surface area contributed by atoms with Gasteiger partial charge in [-0.2, -0.15) is 13.2 Å². The predicted molar refractivity (Wildman–Crippen MR) is 66.6 cm³/mol. The largest absolute Gasteiger partial charge is 0.416 e. The summed E-state index contributed by atoms with van der Waals surface area (Å²) in [6.07, 6.45) is -0.472. The molecule has 0 saturated heterocycles. The van der Waals surface area contributed by atoms with Crippen LogP contribution in [0.15, 0.2) is 30.6 Å². The first-order valence-corrected chi connectivity index (χ1v) is 5.87. The number of alkyl halides is 3. The van der Waals surface area contributed by atoms with Gasteiger partial charge in [-0.25, -0.2) is 4.98 Å². The van der Waals surface area contributed by atoms with E-state index >= 15 is 0 Å². The molecule has 1 aromatic carbocycles. The second kappa shape index (κ2) is 4.95. The van der Waals surface area contributed by atoms with Gasteiger partial charge in [0, 0.05) is 31.0 Å². The molecular weight excluding hydrogens is 255 g/mol. The van der Waals surface area contributed by atoms with E-state index < -0.39 is 11.7 Å². The van der Waals surface area contributed by atoms with Crippen LogP contribution in [0.5, 0.6) is 0 Å². The Morgan fingerprint density at radius 3 is 2.68 bits per heavy atom. The highest BCUT2D eigenvalue weighted by Gasteiger charge is 2.33. The maximum absolute atomic E-state index is 13.0. The Morgan fingerprint density at radius 2 is 2.05 bits per heavy atom. The Kier molecular flexibility index (Phi) is 3.50. The van der Waals surface area contributed by atoms with Gasteiger partial charge in [0.2, 0.25) is 0 Å². The first kappa shape index (κ1) is 13.5. The minimum Gasteiger partial charge on any atom is -0.399 e. The molecular formula is C13H14F3N3. The van der Waals surface area contributed by atoms with Crippen LogP contribution in [0, 0.1) is 0 Å². The van der Waals surface area contributed by atoms with Crippen LogP contribution in [-0.2, 0) is 19.1 Å². The molecule has 0 unspecified atom stereocenters. The number of rotatable bonds is 3. The number of nitrogen functional groups attached to an aromatic ring is 1. The average Bonchev–Trinajstić information content (AvgIpc) is 2.77. The number of halogens is 3. The lowest BCUT2D eigenvalue weighted by atomic mass is 10.1. The number of hydrogen-bond acceptors (Lipinski definition) is 2. The van der Waals surface area contributed by atoms with Crippen molar-refractivity contribution in [2.75, 3.05) is 5.73 Å². The summed E-state index contributed by atoms with van der Waals surface area (Å²) in [6.45, 7) is 2.05. The fraction of sp³-hybridized carbons (Fsp3) is 0.308. The fourth-order valence-corrected chi connectivity index (χ4v) is 1.98. The van der Waals surface area contributed by atoms with E-state index in [4.69, 9.17) is 5.73 Å². The maximum atomic E-state index is 13.0. The van der Waals surface area contributed by atoms with Gasteiger partial charge in [0.15, 0.2) is 0 Å². The Morgan fingerprint density at radius 1 is 1.32 bits per heavy atom. The quantitative estimate of drug-likeness (QED) is 0.870. The van der Waals surface area contributed by atoms with Crippen LogP contribution >= 0.6 is 0 Å². The highest BCUT2D eigenvalue weighted by atomic mass is 19.4. The van der Waals surface area contributed by atoms with Crippen molar-refractivity contribution in [1.29, 1.82) is 0 Å². The SMILES string of the molecule is CCc1nccn1Cc1ccc(N)cc1C(F)(F)F. The van der Waals surface area contributed by atoms with Crippen molar-refractivity contribution < 1.29 is 13.2 Å². The molecule has 0 spiro atoms. The molecule has 1 aromatic heterocycles. The van der Waals surface area contributed by atoms with Gasteiger partial charge >= 0.3 is 6.18 Å². The van der Waals surface area contributed by atoms with Crippen LogP contribution in [0.25, 0.3) is 0 Å². The number of anilines is 1. The van der Waals surface area contributed by atoms with E-state index in [0.717, 1.165) is 11.9 Å². The van der Waals surface area contributed by atoms with E-state index in [1.807, 2.05) is 6.92 Å². The molecule has 102 valence electrons. The van der Waals surface area contributed by atoms with E-state index in [9.17, 15) is 13.2 Å². The number of benzene rings is 1. The zero-order valence-electron chi connectivity index (χ0n) is 10.4. The number of imidazole rings is 1. The lowest BCUT2D eigenvalue weighted by Crippen LogP contribution is -2.13. The fourth-order valence-electron chi connectivity index (χ4n) is 1.98. The van der Waals surface area contributed by atoms with Crippen LogP contribution < -0.4 is 5.73 Å². The van der Waals surface area contributed by atoms with E-state index in [0.29, 0.717) is 6.42 Å². The highest BCUT2D eigenvalue weighted by Crippen LogP contribution is 2.33. The van der Waals surface area contributed by atoms with E-state index in [-0.39, 0.29) is 17.8 Å². The summed E-state index contributed by atoms with van der Waals surface area (Å²) in [6, 6.07) is 3.86. The zero-order valence-corrected chi connectivity index (χ0v) is 10.4. The van der Waals surface area contributed by atoms with Crippen LogP contribution in [0.1, 0.15) is 23.9 Å². The molecule has 6 heteroatoms. The molecule has 0 bridgehead atoms.